The number of hydrogen-bond donors (Lipinski definition) is 0. The summed E-state index contributed by atoms with van der Waals surface area (Å²) >= 11 is 0. The highest BCUT2D eigenvalue weighted by Gasteiger charge is 2.34. The van der Waals surface area contributed by atoms with Crippen molar-refractivity contribution in [3.63, 3.8) is 0 Å². The van der Waals surface area contributed by atoms with Gasteiger partial charge in [0.1, 0.15) is 4.91 Å². The van der Waals surface area contributed by atoms with Crippen molar-refractivity contribution < 1.29 is 0 Å². The maximum Gasteiger partial charge on any atom is 0.161 e. The highest BCUT2D eigenvalue weighted by molar-refractivity contribution is 8.07. The SMILES string of the molecule is CC1C=CC([S+](C2=CCCC=C2)C2=CCCCC2)=CC1. The van der Waals surface area contributed by atoms with E-state index in [4.69, 9.17) is 0 Å². The first-order valence-corrected chi connectivity index (χ1v) is 9.25. The summed E-state index contributed by atoms with van der Waals surface area (Å²) in [5.74, 6) is 0.709. The molecule has 1 heteroatoms. The molecular formula is C19H25S+. The van der Waals surface area contributed by atoms with Crippen LogP contribution in [0.2, 0.25) is 0 Å². The van der Waals surface area contributed by atoms with Crippen LogP contribution >= 0.6 is 0 Å². The summed E-state index contributed by atoms with van der Waals surface area (Å²) in [5, 5.41) is 0. The molecule has 0 saturated heterocycles. The molecule has 0 aromatic heterocycles. The predicted molar refractivity (Wildman–Crippen MR) is 91.4 cm³/mol. The minimum absolute atomic E-state index is 0.211. The largest absolute Gasteiger partial charge is 0.161 e. The lowest BCUT2D eigenvalue weighted by molar-refractivity contribution is 0.722. The van der Waals surface area contributed by atoms with Crippen molar-refractivity contribution in [3.8, 4) is 0 Å². The van der Waals surface area contributed by atoms with Gasteiger partial charge in [0, 0.05) is 6.42 Å². The Morgan fingerprint density at radius 3 is 2.50 bits per heavy atom. The first kappa shape index (κ1) is 14.0. The smallest absolute Gasteiger partial charge is 0.0792 e. The molecular weight excluding hydrogens is 260 g/mol. The summed E-state index contributed by atoms with van der Waals surface area (Å²) in [7, 11) is 0.211. The second-order valence-corrected chi connectivity index (χ2v) is 8.07. The van der Waals surface area contributed by atoms with Gasteiger partial charge in [0.2, 0.25) is 0 Å². The lowest BCUT2D eigenvalue weighted by Crippen LogP contribution is -2.14. The molecule has 0 aromatic rings. The fourth-order valence-corrected chi connectivity index (χ4v) is 5.54. The van der Waals surface area contributed by atoms with Crippen molar-refractivity contribution in [2.75, 3.05) is 0 Å². The third-order valence-electron chi connectivity index (χ3n) is 4.22. The van der Waals surface area contributed by atoms with Gasteiger partial charge < -0.3 is 0 Å². The van der Waals surface area contributed by atoms with Gasteiger partial charge in [-0.2, -0.15) is 0 Å². The molecule has 0 aliphatic heterocycles. The van der Waals surface area contributed by atoms with E-state index in [1.165, 1.54) is 44.9 Å². The van der Waals surface area contributed by atoms with Gasteiger partial charge in [-0.15, -0.1) is 0 Å². The number of rotatable bonds is 3. The summed E-state index contributed by atoms with van der Waals surface area (Å²) in [6.07, 6.45) is 26.0. The van der Waals surface area contributed by atoms with Gasteiger partial charge in [0.25, 0.3) is 0 Å². The Morgan fingerprint density at radius 2 is 1.85 bits per heavy atom. The molecule has 2 atom stereocenters. The fourth-order valence-electron chi connectivity index (χ4n) is 3.03. The van der Waals surface area contributed by atoms with Crippen LogP contribution < -0.4 is 0 Å². The van der Waals surface area contributed by atoms with Crippen molar-refractivity contribution in [3.05, 3.63) is 57.2 Å². The molecule has 0 spiro atoms. The van der Waals surface area contributed by atoms with Crippen molar-refractivity contribution in [2.45, 2.75) is 51.9 Å². The molecule has 0 saturated carbocycles. The van der Waals surface area contributed by atoms with Crippen LogP contribution in [-0.4, -0.2) is 0 Å². The molecule has 0 bridgehead atoms. The molecule has 3 aliphatic rings. The Balaban J connectivity index is 1.91. The number of hydrogen-bond acceptors (Lipinski definition) is 0. The molecule has 0 nitrogen and oxygen atoms in total. The van der Waals surface area contributed by atoms with Crippen LogP contribution in [-0.2, 0) is 10.9 Å². The Labute approximate surface area is 126 Å². The zero-order chi connectivity index (χ0) is 13.8. The summed E-state index contributed by atoms with van der Waals surface area (Å²) < 4.78 is 0. The zero-order valence-corrected chi connectivity index (χ0v) is 13.3. The molecule has 0 N–H and O–H groups in total. The summed E-state index contributed by atoms with van der Waals surface area (Å²) in [4.78, 5) is 4.82. The maximum atomic E-state index is 2.53. The minimum atomic E-state index is 0.211. The lowest BCUT2D eigenvalue weighted by atomic mass is 10.0. The van der Waals surface area contributed by atoms with Crippen molar-refractivity contribution in [2.24, 2.45) is 5.92 Å². The molecule has 0 aromatic carbocycles. The van der Waals surface area contributed by atoms with Crippen LogP contribution in [0, 0.1) is 5.92 Å². The minimum Gasteiger partial charge on any atom is -0.0792 e. The van der Waals surface area contributed by atoms with E-state index in [2.05, 4.69) is 49.5 Å². The first-order chi connectivity index (χ1) is 9.84. The van der Waals surface area contributed by atoms with Crippen LogP contribution in [0.1, 0.15) is 51.9 Å². The molecule has 0 heterocycles. The van der Waals surface area contributed by atoms with Crippen molar-refractivity contribution >= 4 is 10.9 Å². The number of allylic oxidation sites excluding steroid dienone is 8. The first-order valence-electron chi connectivity index (χ1n) is 8.03. The average Bonchev–Trinajstić information content (AvgIpc) is 2.52. The van der Waals surface area contributed by atoms with Crippen LogP contribution in [0.25, 0.3) is 0 Å². The average molecular weight is 285 g/mol. The van der Waals surface area contributed by atoms with E-state index >= 15 is 0 Å². The van der Waals surface area contributed by atoms with E-state index in [9.17, 15) is 0 Å². The monoisotopic (exact) mass is 285 g/mol. The van der Waals surface area contributed by atoms with E-state index in [0.29, 0.717) is 5.92 Å². The molecule has 3 rings (SSSR count). The second kappa shape index (κ2) is 6.67. The van der Waals surface area contributed by atoms with Crippen LogP contribution in [0.15, 0.2) is 57.2 Å². The highest BCUT2D eigenvalue weighted by atomic mass is 32.2. The normalized spacial score (nSPS) is 27.6. The molecule has 106 valence electrons. The van der Waals surface area contributed by atoms with Gasteiger partial charge in [-0.3, -0.25) is 0 Å². The van der Waals surface area contributed by atoms with E-state index < -0.39 is 0 Å². The molecule has 2 unspecified atom stereocenters. The van der Waals surface area contributed by atoms with E-state index in [1.54, 1.807) is 14.7 Å². The van der Waals surface area contributed by atoms with E-state index in [1.807, 2.05) is 0 Å². The van der Waals surface area contributed by atoms with Gasteiger partial charge in [-0.1, -0.05) is 19.1 Å². The van der Waals surface area contributed by atoms with Gasteiger partial charge in [0.15, 0.2) is 9.81 Å². The molecule has 3 aliphatic carbocycles. The second-order valence-electron chi connectivity index (χ2n) is 5.99. The van der Waals surface area contributed by atoms with E-state index in [-0.39, 0.29) is 10.9 Å². The van der Waals surface area contributed by atoms with Gasteiger partial charge in [-0.25, -0.2) is 0 Å². The molecule has 20 heavy (non-hydrogen) atoms. The summed E-state index contributed by atoms with van der Waals surface area (Å²) in [5.41, 5.74) is 0. The molecule has 0 amide bonds. The Bertz CT molecular complexity index is 502. The van der Waals surface area contributed by atoms with Gasteiger partial charge >= 0.3 is 0 Å². The quantitative estimate of drug-likeness (QED) is 0.577. The van der Waals surface area contributed by atoms with Gasteiger partial charge in [0.05, 0.1) is 10.9 Å². The lowest BCUT2D eigenvalue weighted by Gasteiger charge is -2.19. The Morgan fingerprint density at radius 1 is 0.950 bits per heavy atom. The van der Waals surface area contributed by atoms with E-state index in [0.717, 1.165) is 0 Å². The van der Waals surface area contributed by atoms with Crippen molar-refractivity contribution in [1.29, 1.82) is 0 Å². The summed E-state index contributed by atoms with van der Waals surface area (Å²) in [6, 6.07) is 0. The van der Waals surface area contributed by atoms with Crippen molar-refractivity contribution in [1.82, 2.24) is 0 Å². The molecule has 0 radical (unpaired) electrons. The predicted octanol–water partition coefficient (Wildman–Crippen LogP) is 5.78. The summed E-state index contributed by atoms with van der Waals surface area (Å²) in [6.45, 7) is 2.31. The Hall–Kier alpha value is -0.950. The topological polar surface area (TPSA) is 0 Å². The standard InChI is InChI=1S/C19H25S/c1-16-12-14-19(15-13-16)20(17-8-4-2-5-9-17)18-10-6-3-7-11-18/h4,8-10,12,14-16H,2-3,5-7,11,13H2,1H3/q+1. The maximum absolute atomic E-state index is 2.53. The van der Waals surface area contributed by atoms with Crippen LogP contribution in [0.3, 0.4) is 0 Å². The third-order valence-corrected chi connectivity index (χ3v) is 6.67. The van der Waals surface area contributed by atoms with Crippen LogP contribution in [0.4, 0.5) is 0 Å². The fraction of sp³-hybridized carbons (Fsp3) is 0.474. The highest BCUT2D eigenvalue weighted by Crippen LogP contribution is 2.38. The van der Waals surface area contributed by atoms with Crippen LogP contribution in [0.5, 0.6) is 0 Å². The molecule has 0 fully saturated rings. The zero-order valence-electron chi connectivity index (χ0n) is 12.5. The van der Waals surface area contributed by atoms with Gasteiger partial charge in [-0.05, 0) is 74.8 Å². The Kier molecular flexibility index (Phi) is 4.67. The third kappa shape index (κ3) is 3.20.